The van der Waals surface area contributed by atoms with Gasteiger partial charge in [-0.15, -0.1) is 0 Å². The van der Waals surface area contributed by atoms with Crippen molar-refractivity contribution in [1.82, 2.24) is 0 Å². The summed E-state index contributed by atoms with van der Waals surface area (Å²) in [5.74, 6) is 5.60. The van der Waals surface area contributed by atoms with Gasteiger partial charge < -0.3 is 0 Å². The van der Waals surface area contributed by atoms with Gasteiger partial charge in [0.15, 0.2) is 0 Å². The molecule has 6 heteroatoms. The second kappa shape index (κ2) is 9.37. The van der Waals surface area contributed by atoms with Crippen LogP contribution < -0.4 is 0 Å². The van der Waals surface area contributed by atoms with Gasteiger partial charge in [-0.2, -0.15) is 11.8 Å². The Balaban J connectivity index is 0.000000137. The van der Waals surface area contributed by atoms with Crippen LogP contribution in [-0.4, -0.2) is 47.1 Å². The van der Waals surface area contributed by atoms with Gasteiger partial charge in [-0.3, -0.25) is 4.21 Å². The average molecular weight is 313 g/mol. The molecule has 0 aromatic carbocycles. The second-order valence-electron chi connectivity index (χ2n) is 4.73. The van der Waals surface area contributed by atoms with Crippen molar-refractivity contribution in [2.75, 3.05) is 34.5 Å². The molecule has 0 amide bonds. The molecule has 18 heavy (non-hydrogen) atoms. The molecule has 0 aromatic heterocycles. The topological polar surface area (TPSA) is 51.2 Å². The Morgan fingerprint density at radius 2 is 1.28 bits per heavy atom. The maximum Gasteiger partial charge on any atom is 0.150 e. The van der Waals surface area contributed by atoms with Crippen LogP contribution in [0.25, 0.3) is 0 Å². The average Bonchev–Trinajstić information content (AvgIpc) is 3.02. The summed E-state index contributed by atoms with van der Waals surface area (Å²) in [6.07, 6.45) is 7.05. The summed E-state index contributed by atoms with van der Waals surface area (Å²) in [7, 11) is -2.97. The van der Waals surface area contributed by atoms with Gasteiger partial charge in [0, 0.05) is 22.3 Å². The Morgan fingerprint density at radius 3 is 1.44 bits per heavy atom. The SMILES string of the molecule is C1CCSC1.O=S1(=O)CCCC1.O=S1CCCC1. The summed E-state index contributed by atoms with van der Waals surface area (Å²) in [6, 6.07) is 0. The first kappa shape index (κ1) is 16.5. The van der Waals surface area contributed by atoms with E-state index in [1.165, 1.54) is 37.2 Å². The van der Waals surface area contributed by atoms with Crippen LogP contribution in [0.3, 0.4) is 0 Å². The maximum absolute atomic E-state index is 10.4. The molecule has 3 aliphatic rings. The van der Waals surface area contributed by atoms with E-state index in [1.54, 1.807) is 0 Å². The van der Waals surface area contributed by atoms with E-state index in [9.17, 15) is 12.6 Å². The molecule has 0 aromatic rings. The first-order valence-electron chi connectivity index (χ1n) is 6.73. The van der Waals surface area contributed by atoms with E-state index in [1.807, 2.05) is 0 Å². The van der Waals surface area contributed by atoms with E-state index in [2.05, 4.69) is 11.8 Å². The largest absolute Gasteiger partial charge is 0.260 e. The smallest absolute Gasteiger partial charge is 0.150 e. The Bertz CT molecular complexity index is 307. The normalized spacial score (nSPS) is 26.0. The lowest BCUT2D eigenvalue weighted by atomic mass is 10.4. The number of sulfone groups is 1. The minimum atomic E-state index is -2.55. The fourth-order valence-electron chi connectivity index (χ4n) is 1.88. The summed E-state index contributed by atoms with van der Waals surface area (Å²) in [4.78, 5) is 0. The predicted molar refractivity (Wildman–Crippen MR) is 81.6 cm³/mol. The molecule has 3 rings (SSSR count). The minimum Gasteiger partial charge on any atom is -0.260 e. The maximum atomic E-state index is 10.4. The molecule has 3 aliphatic heterocycles. The van der Waals surface area contributed by atoms with Crippen molar-refractivity contribution >= 4 is 32.4 Å². The zero-order valence-corrected chi connectivity index (χ0v) is 13.4. The molecule has 3 heterocycles. The standard InChI is InChI=1S/C4H8O2S.C4H8OS.C4H8S/c5-7(6)3-1-2-4-7;5-6-3-1-2-4-6;1-2-4-5-3-1/h1-4H2;1-4H2;1-4H2. The van der Waals surface area contributed by atoms with Crippen molar-refractivity contribution in [1.29, 1.82) is 0 Å². The summed E-state index contributed by atoms with van der Waals surface area (Å²) < 4.78 is 31.2. The highest BCUT2D eigenvalue weighted by Crippen LogP contribution is 2.14. The third kappa shape index (κ3) is 8.53. The van der Waals surface area contributed by atoms with E-state index >= 15 is 0 Å². The lowest BCUT2D eigenvalue weighted by Gasteiger charge is -1.81. The van der Waals surface area contributed by atoms with Gasteiger partial charge in [0.05, 0.1) is 11.5 Å². The first-order chi connectivity index (χ1) is 8.60. The number of rotatable bonds is 0. The summed E-state index contributed by atoms with van der Waals surface area (Å²) in [5, 5.41) is 0. The lowest BCUT2D eigenvalue weighted by molar-refractivity contribution is 0.602. The van der Waals surface area contributed by atoms with Gasteiger partial charge in [-0.05, 0) is 50.0 Å². The fraction of sp³-hybridized carbons (Fsp3) is 1.00. The molecule has 0 bridgehead atoms. The summed E-state index contributed by atoms with van der Waals surface area (Å²) >= 11 is 2.07. The number of hydrogen-bond donors (Lipinski definition) is 0. The van der Waals surface area contributed by atoms with Crippen LogP contribution in [-0.2, 0) is 20.6 Å². The Hall–Kier alpha value is 0.450. The fourth-order valence-corrected chi connectivity index (χ4v) is 5.65. The zero-order valence-electron chi connectivity index (χ0n) is 10.9. The van der Waals surface area contributed by atoms with Gasteiger partial charge in [-0.1, -0.05) is 0 Å². The van der Waals surface area contributed by atoms with Crippen molar-refractivity contribution in [2.45, 2.75) is 38.5 Å². The van der Waals surface area contributed by atoms with Crippen LogP contribution in [0.15, 0.2) is 0 Å². The molecule has 0 aliphatic carbocycles. The monoisotopic (exact) mass is 312 g/mol. The van der Waals surface area contributed by atoms with Crippen molar-refractivity contribution in [3.05, 3.63) is 0 Å². The van der Waals surface area contributed by atoms with Gasteiger partial charge in [-0.25, -0.2) is 8.42 Å². The van der Waals surface area contributed by atoms with Crippen LogP contribution in [0.1, 0.15) is 38.5 Å². The summed E-state index contributed by atoms with van der Waals surface area (Å²) in [5.41, 5.74) is 0. The molecule has 0 saturated carbocycles. The first-order valence-corrected chi connectivity index (χ1v) is 11.2. The molecule has 3 nitrogen and oxygen atoms in total. The molecule has 0 atom stereocenters. The molecular weight excluding hydrogens is 288 g/mol. The predicted octanol–water partition coefficient (Wildman–Crippen LogP) is 2.24. The van der Waals surface area contributed by atoms with E-state index < -0.39 is 20.6 Å². The van der Waals surface area contributed by atoms with E-state index in [4.69, 9.17) is 0 Å². The van der Waals surface area contributed by atoms with Gasteiger partial charge >= 0.3 is 0 Å². The van der Waals surface area contributed by atoms with Crippen LogP contribution in [0.2, 0.25) is 0 Å². The second-order valence-corrected chi connectivity index (χ2v) is 9.96. The van der Waals surface area contributed by atoms with Crippen LogP contribution in [0, 0.1) is 0 Å². The molecular formula is C12H24O3S3. The minimum absolute atomic E-state index is 0.423. The van der Waals surface area contributed by atoms with Gasteiger partial charge in [0.2, 0.25) is 0 Å². The van der Waals surface area contributed by atoms with Gasteiger partial charge in [0.1, 0.15) is 9.84 Å². The molecule has 3 saturated heterocycles. The van der Waals surface area contributed by atoms with Crippen molar-refractivity contribution in [3.63, 3.8) is 0 Å². The highest BCUT2D eigenvalue weighted by Gasteiger charge is 2.16. The molecule has 0 radical (unpaired) electrons. The molecule has 0 spiro atoms. The van der Waals surface area contributed by atoms with Crippen molar-refractivity contribution in [3.8, 4) is 0 Å². The molecule has 0 N–H and O–H groups in total. The Labute approximate surface area is 118 Å². The van der Waals surface area contributed by atoms with Crippen molar-refractivity contribution in [2.24, 2.45) is 0 Å². The molecule has 108 valence electrons. The highest BCUT2D eigenvalue weighted by atomic mass is 32.2. The third-order valence-electron chi connectivity index (χ3n) is 2.98. The third-order valence-corrected chi connectivity index (χ3v) is 7.45. The van der Waals surface area contributed by atoms with Crippen LogP contribution >= 0.6 is 11.8 Å². The highest BCUT2D eigenvalue weighted by molar-refractivity contribution is 7.99. The summed E-state index contributed by atoms with van der Waals surface area (Å²) in [6.45, 7) is 0. The van der Waals surface area contributed by atoms with Gasteiger partial charge in [0.25, 0.3) is 0 Å². The van der Waals surface area contributed by atoms with Crippen LogP contribution in [0.4, 0.5) is 0 Å². The van der Waals surface area contributed by atoms with Crippen molar-refractivity contribution < 1.29 is 12.6 Å². The Morgan fingerprint density at radius 1 is 0.778 bits per heavy atom. The molecule has 0 unspecified atom stereocenters. The molecule has 3 fully saturated rings. The number of thioether (sulfide) groups is 1. The van der Waals surface area contributed by atoms with E-state index in [-0.39, 0.29) is 0 Å². The Kier molecular flexibility index (Phi) is 8.59. The van der Waals surface area contributed by atoms with E-state index in [0.29, 0.717) is 11.5 Å². The zero-order chi connectivity index (χ0) is 13.3. The van der Waals surface area contributed by atoms with Crippen LogP contribution in [0.5, 0.6) is 0 Å². The number of hydrogen-bond acceptors (Lipinski definition) is 4. The lowest BCUT2D eigenvalue weighted by Crippen LogP contribution is -1.98. The quantitative estimate of drug-likeness (QED) is 0.688. The van der Waals surface area contributed by atoms with E-state index in [0.717, 1.165) is 24.3 Å².